The number of hydrogen-bond acceptors (Lipinski definition) is 5. The van der Waals surface area contributed by atoms with Gasteiger partial charge in [-0.15, -0.1) is 0 Å². The van der Waals surface area contributed by atoms with Crippen molar-refractivity contribution in [3.05, 3.63) is 130 Å². The van der Waals surface area contributed by atoms with Crippen LogP contribution in [0.1, 0.15) is 70.9 Å². The van der Waals surface area contributed by atoms with Gasteiger partial charge in [-0.2, -0.15) is 21.4 Å². The van der Waals surface area contributed by atoms with Crippen LogP contribution in [0.4, 0.5) is 11.4 Å². The molecule has 3 aliphatic rings. The Morgan fingerprint density at radius 2 is 1.36 bits per heavy atom. The van der Waals surface area contributed by atoms with Gasteiger partial charge in [-0.25, -0.2) is 0 Å². The summed E-state index contributed by atoms with van der Waals surface area (Å²) < 4.78 is 67.9. The summed E-state index contributed by atoms with van der Waals surface area (Å²) in [6.07, 6.45) is 11.5. The number of anilines is 1. The highest BCUT2D eigenvalue weighted by atomic mass is 35.5. The third-order valence-corrected chi connectivity index (χ3v) is 13.5. The van der Waals surface area contributed by atoms with Crippen LogP contribution in [0.25, 0.3) is 21.5 Å². The monoisotopic (exact) mass is 799 g/mol. The van der Waals surface area contributed by atoms with Crippen LogP contribution in [0.2, 0.25) is 0 Å². The van der Waals surface area contributed by atoms with Gasteiger partial charge in [-0.3, -0.25) is 9.11 Å². The highest BCUT2D eigenvalue weighted by Gasteiger charge is 2.46. The second-order valence-corrected chi connectivity index (χ2v) is 19.4. The van der Waals surface area contributed by atoms with E-state index >= 15 is 0 Å². The van der Waals surface area contributed by atoms with Crippen molar-refractivity contribution in [3.63, 3.8) is 0 Å². The lowest BCUT2D eigenvalue weighted by atomic mass is 9.78. The number of fused-ring (bicyclic) bond motifs is 6. The van der Waals surface area contributed by atoms with Crippen molar-refractivity contribution in [2.75, 3.05) is 29.5 Å². The minimum Gasteiger partial charge on any atom is -0.344 e. The Morgan fingerprint density at radius 1 is 0.745 bits per heavy atom. The smallest absolute Gasteiger partial charge is 0.265 e. The molecule has 2 N–H and O–H groups in total. The van der Waals surface area contributed by atoms with E-state index in [0.29, 0.717) is 18.1 Å². The summed E-state index contributed by atoms with van der Waals surface area (Å²) >= 11 is 7.24. The van der Waals surface area contributed by atoms with Crippen molar-refractivity contribution >= 4 is 70.5 Å². The van der Waals surface area contributed by atoms with Crippen LogP contribution < -0.4 is 4.90 Å². The quantitative estimate of drug-likeness (QED) is 0.115. The van der Waals surface area contributed by atoms with Crippen molar-refractivity contribution in [3.8, 4) is 0 Å². The van der Waals surface area contributed by atoms with E-state index in [2.05, 4.69) is 110 Å². The number of benzene rings is 4. The molecule has 0 saturated carbocycles. The number of halogens is 1. The van der Waals surface area contributed by atoms with Gasteiger partial charge >= 0.3 is 0 Å². The summed E-state index contributed by atoms with van der Waals surface area (Å²) in [5, 5.41) is 5.28. The fraction of sp³-hybridized carbons (Fsp3) is 0.341. The Kier molecular flexibility index (Phi) is 10.5. The molecule has 288 valence electrons. The second-order valence-electron chi connectivity index (χ2n) is 15.8. The molecule has 11 heteroatoms. The molecule has 1 aliphatic carbocycles. The Bertz CT molecular complexity index is 2600. The maximum absolute atomic E-state index is 11.7. The Morgan fingerprint density at radius 3 is 2.04 bits per heavy atom. The molecule has 4 aromatic rings. The van der Waals surface area contributed by atoms with Crippen LogP contribution in [0.3, 0.4) is 0 Å². The summed E-state index contributed by atoms with van der Waals surface area (Å²) in [6.45, 7) is 9.63. The highest BCUT2D eigenvalue weighted by molar-refractivity contribution is 7.86. The summed E-state index contributed by atoms with van der Waals surface area (Å²) in [4.78, 5) is 2.18. The van der Waals surface area contributed by atoms with Gasteiger partial charge in [-0.1, -0.05) is 92.2 Å². The average Bonchev–Trinajstić information content (AvgIpc) is 3.47. The maximum atomic E-state index is 11.7. The molecule has 0 atom stereocenters. The van der Waals surface area contributed by atoms with Crippen LogP contribution in [0.15, 0.2) is 119 Å². The SMILES string of the molecule is CC1(C)C(/C=C/C2=C(Cl)C(=C\C=C3/N(CCCS(=O)(=O)O)c4ccc5ccccc5c4C3(C)C)/CCC2)=[N+](CCCS(=O)(=O)O)c2ccc3ccccc3c21. The molecule has 0 fully saturated rings. The number of rotatable bonds is 11. The molecule has 0 bridgehead atoms. The van der Waals surface area contributed by atoms with Crippen molar-refractivity contribution in [1.29, 1.82) is 0 Å². The molecule has 8 nitrogen and oxygen atoms in total. The largest absolute Gasteiger partial charge is 0.344 e. The van der Waals surface area contributed by atoms with E-state index in [9.17, 15) is 25.9 Å². The first-order valence-corrected chi connectivity index (χ1v) is 22.4. The van der Waals surface area contributed by atoms with Gasteiger partial charge in [0.25, 0.3) is 20.2 Å². The molecule has 2 aliphatic heterocycles. The Hall–Kier alpha value is -4.06. The van der Waals surface area contributed by atoms with Gasteiger partial charge in [0.1, 0.15) is 6.54 Å². The molecule has 0 radical (unpaired) electrons. The van der Waals surface area contributed by atoms with E-state index in [1.807, 2.05) is 24.3 Å². The lowest BCUT2D eigenvalue weighted by Crippen LogP contribution is -2.28. The Balaban J connectivity index is 1.26. The zero-order valence-electron chi connectivity index (χ0n) is 31.7. The molecular formula is C44H48ClN2O6S2+. The van der Waals surface area contributed by atoms with Gasteiger partial charge in [0.05, 0.1) is 16.9 Å². The highest BCUT2D eigenvalue weighted by Crippen LogP contribution is 2.51. The molecule has 0 saturated heterocycles. The van der Waals surface area contributed by atoms with Gasteiger partial charge in [0, 0.05) is 52.5 Å². The lowest BCUT2D eigenvalue weighted by molar-refractivity contribution is -0.437. The zero-order valence-corrected chi connectivity index (χ0v) is 34.1. The average molecular weight is 800 g/mol. The zero-order chi connectivity index (χ0) is 39.3. The summed E-state index contributed by atoms with van der Waals surface area (Å²) in [6, 6.07) is 25.0. The molecular weight excluding hydrogens is 752 g/mol. The lowest BCUT2D eigenvalue weighted by Gasteiger charge is -2.27. The summed E-state index contributed by atoms with van der Waals surface area (Å²) in [5.74, 6) is -0.638. The first-order valence-electron chi connectivity index (χ1n) is 18.8. The van der Waals surface area contributed by atoms with Crippen LogP contribution in [-0.2, 0) is 31.1 Å². The van der Waals surface area contributed by atoms with E-state index in [1.165, 1.54) is 11.1 Å². The molecule has 7 rings (SSSR count). The maximum Gasteiger partial charge on any atom is 0.265 e. The van der Waals surface area contributed by atoms with Crippen LogP contribution in [0, 0.1) is 0 Å². The second kappa shape index (κ2) is 14.8. The van der Waals surface area contributed by atoms with E-state index in [0.717, 1.165) is 74.7 Å². The topological polar surface area (TPSA) is 115 Å². The summed E-state index contributed by atoms with van der Waals surface area (Å²) in [5.41, 5.74) is 7.72. The van der Waals surface area contributed by atoms with E-state index in [1.54, 1.807) is 0 Å². The molecule has 55 heavy (non-hydrogen) atoms. The van der Waals surface area contributed by atoms with E-state index in [-0.39, 0.29) is 24.3 Å². The molecule has 0 aromatic heterocycles. The fourth-order valence-corrected chi connectivity index (χ4v) is 10.2. The van der Waals surface area contributed by atoms with Gasteiger partial charge in [0.2, 0.25) is 5.69 Å². The van der Waals surface area contributed by atoms with Gasteiger partial charge in [-0.05, 0) is 96.0 Å². The summed E-state index contributed by atoms with van der Waals surface area (Å²) in [7, 11) is -8.21. The number of allylic oxidation sites excluding steroid dienone is 8. The molecule has 0 spiro atoms. The third-order valence-electron chi connectivity index (χ3n) is 11.4. The molecule has 4 aromatic carbocycles. The van der Waals surface area contributed by atoms with Crippen LogP contribution in [-0.4, -0.2) is 60.8 Å². The van der Waals surface area contributed by atoms with Gasteiger partial charge in [0.15, 0.2) is 5.71 Å². The third kappa shape index (κ3) is 7.72. The Labute approximate surface area is 329 Å². The van der Waals surface area contributed by atoms with Crippen molar-refractivity contribution in [1.82, 2.24) is 0 Å². The van der Waals surface area contributed by atoms with Crippen LogP contribution >= 0.6 is 11.6 Å². The molecule has 0 unspecified atom stereocenters. The predicted molar refractivity (Wildman–Crippen MR) is 225 cm³/mol. The van der Waals surface area contributed by atoms with Gasteiger partial charge < -0.3 is 4.90 Å². The normalized spacial score (nSPS) is 19.8. The number of nitrogens with zero attached hydrogens (tertiary/aromatic N) is 2. The van der Waals surface area contributed by atoms with Crippen molar-refractivity contribution in [2.24, 2.45) is 0 Å². The minimum atomic E-state index is -4.10. The number of hydrogen-bond donors (Lipinski definition) is 2. The van der Waals surface area contributed by atoms with Crippen molar-refractivity contribution < 1.29 is 30.5 Å². The fourth-order valence-electron chi connectivity index (χ4n) is 8.93. The minimum absolute atomic E-state index is 0.270. The molecule has 2 heterocycles. The first kappa shape index (κ1) is 39.2. The first-order chi connectivity index (χ1) is 26.0. The van der Waals surface area contributed by atoms with Crippen LogP contribution in [0.5, 0.6) is 0 Å². The van der Waals surface area contributed by atoms with E-state index in [4.69, 9.17) is 11.6 Å². The molecule has 0 amide bonds. The standard InChI is InChI=1S/C44H47ClN2O6S2/c1-43(2)38(46(26-10-28-54(48,49)50)36-22-18-30-12-5-7-16-34(30)40(36)43)24-20-32-14-9-15-33(42(32)45)21-25-39-44(3,4)41-35-17-8-6-13-31(35)19-23-37(41)47(39)27-11-29-55(51,52)53/h5-8,12-13,16-25H,9-11,14-15,26-29H2,1-4H3,(H-,48,49,50,51,52,53)/p+1. The predicted octanol–water partition coefficient (Wildman–Crippen LogP) is 9.77. The van der Waals surface area contributed by atoms with Crippen molar-refractivity contribution in [2.45, 2.75) is 70.6 Å². The van der Waals surface area contributed by atoms with E-state index < -0.39 is 31.1 Å².